The van der Waals surface area contributed by atoms with Crippen molar-refractivity contribution in [2.45, 2.75) is 6.92 Å². The Labute approximate surface area is 123 Å². The quantitative estimate of drug-likeness (QED) is 0.799. The van der Waals surface area contributed by atoms with Crippen LogP contribution in [0.2, 0.25) is 0 Å². The molecular formula is C17H17N3O. The van der Waals surface area contributed by atoms with E-state index in [4.69, 9.17) is 0 Å². The van der Waals surface area contributed by atoms with Crippen molar-refractivity contribution in [3.8, 4) is 5.69 Å². The van der Waals surface area contributed by atoms with Gasteiger partial charge in [-0.25, -0.2) is 4.68 Å². The highest BCUT2D eigenvalue weighted by Crippen LogP contribution is 2.18. The third kappa shape index (κ3) is 2.36. The molecule has 0 atom stereocenters. The van der Waals surface area contributed by atoms with E-state index in [1.54, 1.807) is 4.68 Å². The number of hydrogen-bond acceptors (Lipinski definition) is 2. The molecule has 0 aliphatic heterocycles. The van der Waals surface area contributed by atoms with Crippen LogP contribution in [0.3, 0.4) is 0 Å². The molecule has 106 valence electrons. The van der Waals surface area contributed by atoms with Gasteiger partial charge in [0.15, 0.2) is 0 Å². The van der Waals surface area contributed by atoms with Gasteiger partial charge in [-0.3, -0.25) is 9.48 Å². The summed E-state index contributed by atoms with van der Waals surface area (Å²) in [5.74, 6) is 0. The van der Waals surface area contributed by atoms with Crippen LogP contribution >= 0.6 is 0 Å². The molecule has 0 saturated carbocycles. The molecule has 2 aromatic carbocycles. The number of nitrogens with zero attached hydrogens (tertiary/aromatic N) is 2. The summed E-state index contributed by atoms with van der Waals surface area (Å²) < 4.78 is 3.53. The minimum Gasteiger partial charge on any atom is -0.349 e. The van der Waals surface area contributed by atoms with E-state index in [9.17, 15) is 4.79 Å². The van der Waals surface area contributed by atoms with Gasteiger partial charge in [0.25, 0.3) is 5.56 Å². The van der Waals surface area contributed by atoms with Crippen molar-refractivity contribution in [2.75, 3.05) is 5.32 Å². The van der Waals surface area contributed by atoms with Gasteiger partial charge in [0, 0.05) is 12.7 Å². The molecule has 4 heteroatoms. The van der Waals surface area contributed by atoms with E-state index in [0.29, 0.717) is 5.69 Å². The average Bonchev–Trinajstić information content (AvgIpc) is 2.73. The van der Waals surface area contributed by atoms with Gasteiger partial charge in [-0.2, -0.15) is 0 Å². The monoisotopic (exact) mass is 279 g/mol. The van der Waals surface area contributed by atoms with Gasteiger partial charge in [0.05, 0.1) is 11.4 Å². The fraction of sp³-hybridized carbons (Fsp3) is 0.118. The SMILES string of the molecule is Cc1c(Nc2ccccc2)c(=O)n(-c2ccccc2)n1C. The maximum atomic E-state index is 12.7. The van der Waals surface area contributed by atoms with Gasteiger partial charge in [-0.15, -0.1) is 0 Å². The molecule has 0 spiro atoms. The predicted molar refractivity (Wildman–Crippen MR) is 85.5 cm³/mol. The number of anilines is 2. The molecule has 1 heterocycles. The van der Waals surface area contributed by atoms with Crippen molar-refractivity contribution in [1.82, 2.24) is 9.36 Å². The van der Waals surface area contributed by atoms with E-state index >= 15 is 0 Å². The Bertz CT molecular complexity index is 801. The van der Waals surface area contributed by atoms with Crippen LogP contribution in [0, 0.1) is 6.92 Å². The zero-order chi connectivity index (χ0) is 14.8. The molecule has 0 aliphatic carbocycles. The van der Waals surface area contributed by atoms with Crippen LogP contribution in [0.25, 0.3) is 5.69 Å². The molecule has 3 aromatic rings. The normalized spacial score (nSPS) is 10.6. The number of para-hydroxylation sites is 2. The molecule has 1 aromatic heterocycles. The minimum absolute atomic E-state index is 0.0509. The Morgan fingerprint density at radius 3 is 2.10 bits per heavy atom. The van der Waals surface area contributed by atoms with E-state index in [2.05, 4.69) is 5.32 Å². The lowest BCUT2D eigenvalue weighted by molar-refractivity contribution is 0.630. The molecule has 0 aliphatic rings. The molecule has 0 radical (unpaired) electrons. The lowest BCUT2D eigenvalue weighted by Gasteiger charge is -2.07. The van der Waals surface area contributed by atoms with Gasteiger partial charge in [0.2, 0.25) is 0 Å². The zero-order valence-corrected chi connectivity index (χ0v) is 12.1. The standard InChI is InChI=1S/C17H17N3O/c1-13-16(18-14-9-5-3-6-10-14)17(21)20(19(13)2)15-11-7-4-8-12-15/h3-12,18H,1-2H3. The Kier molecular flexibility index (Phi) is 3.36. The van der Waals surface area contributed by atoms with E-state index in [1.807, 2.05) is 79.3 Å². The largest absolute Gasteiger partial charge is 0.349 e. The lowest BCUT2D eigenvalue weighted by atomic mass is 10.3. The third-order valence-electron chi connectivity index (χ3n) is 3.60. The maximum absolute atomic E-state index is 12.7. The molecule has 1 N–H and O–H groups in total. The summed E-state index contributed by atoms with van der Waals surface area (Å²) in [4.78, 5) is 12.7. The Morgan fingerprint density at radius 1 is 0.905 bits per heavy atom. The number of benzene rings is 2. The van der Waals surface area contributed by atoms with Crippen molar-refractivity contribution >= 4 is 11.4 Å². The van der Waals surface area contributed by atoms with Crippen molar-refractivity contribution in [3.63, 3.8) is 0 Å². The molecule has 0 fully saturated rings. The summed E-state index contributed by atoms with van der Waals surface area (Å²) in [6, 6.07) is 19.4. The number of nitrogens with one attached hydrogen (secondary N) is 1. The Balaban J connectivity index is 2.10. The van der Waals surface area contributed by atoms with Crippen LogP contribution in [0.4, 0.5) is 11.4 Å². The highest BCUT2D eigenvalue weighted by atomic mass is 16.1. The highest BCUT2D eigenvalue weighted by molar-refractivity contribution is 5.61. The summed E-state index contributed by atoms with van der Waals surface area (Å²) in [7, 11) is 1.89. The smallest absolute Gasteiger partial charge is 0.295 e. The molecule has 3 rings (SSSR count). The predicted octanol–water partition coefficient (Wildman–Crippen LogP) is 3.23. The van der Waals surface area contributed by atoms with Crippen molar-refractivity contribution in [3.05, 3.63) is 76.7 Å². The maximum Gasteiger partial charge on any atom is 0.295 e. The fourth-order valence-electron chi connectivity index (χ4n) is 2.38. The molecule has 0 amide bonds. The molecule has 4 nitrogen and oxygen atoms in total. The number of aromatic nitrogens is 2. The average molecular weight is 279 g/mol. The molecule has 0 unspecified atom stereocenters. The van der Waals surface area contributed by atoms with Gasteiger partial charge in [-0.1, -0.05) is 36.4 Å². The van der Waals surface area contributed by atoms with Crippen LogP contribution < -0.4 is 10.9 Å². The zero-order valence-electron chi connectivity index (χ0n) is 12.1. The highest BCUT2D eigenvalue weighted by Gasteiger charge is 2.15. The topological polar surface area (TPSA) is 39.0 Å². The van der Waals surface area contributed by atoms with Gasteiger partial charge in [0.1, 0.15) is 5.69 Å². The summed E-state index contributed by atoms with van der Waals surface area (Å²) in [6.45, 7) is 1.94. The van der Waals surface area contributed by atoms with Crippen LogP contribution in [0.5, 0.6) is 0 Å². The van der Waals surface area contributed by atoms with E-state index in [-0.39, 0.29) is 5.56 Å². The lowest BCUT2D eigenvalue weighted by Crippen LogP contribution is -2.20. The fourth-order valence-corrected chi connectivity index (χ4v) is 2.38. The second-order valence-corrected chi connectivity index (χ2v) is 4.93. The Morgan fingerprint density at radius 2 is 1.48 bits per heavy atom. The van der Waals surface area contributed by atoms with Gasteiger partial charge >= 0.3 is 0 Å². The third-order valence-corrected chi connectivity index (χ3v) is 3.60. The second-order valence-electron chi connectivity index (χ2n) is 4.93. The molecule has 0 saturated heterocycles. The first kappa shape index (κ1) is 13.2. The van der Waals surface area contributed by atoms with Crippen LogP contribution in [0.15, 0.2) is 65.5 Å². The Hall–Kier alpha value is -2.75. The van der Waals surface area contributed by atoms with Crippen LogP contribution in [-0.2, 0) is 7.05 Å². The van der Waals surface area contributed by atoms with E-state index < -0.39 is 0 Å². The minimum atomic E-state index is -0.0509. The number of hydrogen-bond donors (Lipinski definition) is 1. The van der Waals surface area contributed by atoms with Crippen molar-refractivity contribution in [2.24, 2.45) is 7.05 Å². The number of rotatable bonds is 3. The van der Waals surface area contributed by atoms with Crippen molar-refractivity contribution < 1.29 is 0 Å². The first-order chi connectivity index (χ1) is 10.2. The summed E-state index contributed by atoms with van der Waals surface area (Å²) in [5.41, 5.74) is 3.21. The van der Waals surface area contributed by atoms with Gasteiger partial charge < -0.3 is 5.32 Å². The molecule has 0 bridgehead atoms. The summed E-state index contributed by atoms with van der Waals surface area (Å²) in [5, 5.41) is 3.22. The van der Waals surface area contributed by atoms with Crippen LogP contribution in [-0.4, -0.2) is 9.36 Å². The summed E-state index contributed by atoms with van der Waals surface area (Å²) >= 11 is 0. The van der Waals surface area contributed by atoms with Crippen LogP contribution in [0.1, 0.15) is 5.69 Å². The van der Waals surface area contributed by atoms with Crippen molar-refractivity contribution in [1.29, 1.82) is 0 Å². The van der Waals surface area contributed by atoms with Gasteiger partial charge in [-0.05, 0) is 31.2 Å². The molecular weight excluding hydrogens is 262 g/mol. The first-order valence-electron chi connectivity index (χ1n) is 6.84. The van der Waals surface area contributed by atoms with E-state index in [0.717, 1.165) is 17.1 Å². The second kappa shape index (κ2) is 5.32. The first-order valence-corrected chi connectivity index (χ1v) is 6.84. The molecule has 21 heavy (non-hydrogen) atoms. The summed E-state index contributed by atoms with van der Waals surface area (Å²) in [6.07, 6.45) is 0. The van der Waals surface area contributed by atoms with E-state index in [1.165, 1.54) is 0 Å².